The van der Waals surface area contributed by atoms with Gasteiger partial charge in [-0.1, -0.05) is 54.9 Å². The Morgan fingerprint density at radius 1 is 0.886 bits per heavy atom. The van der Waals surface area contributed by atoms with E-state index in [0.717, 1.165) is 76.4 Å². The first-order valence-corrected chi connectivity index (χ1v) is 13.5. The van der Waals surface area contributed by atoms with Gasteiger partial charge in [0.25, 0.3) is 5.91 Å². The number of hydrogen-bond donors (Lipinski definition) is 1. The first-order chi connectivity index (χ1) is 17.1. The molecule has 35 heavy (non-hydrogen) atoms. The second-order valence-corrected chi connectivity index (χ2v) is 10.9. The third-order valence-electron chi connectivity index (χ3n) is 7.67. The number of fused-ring (bicyclic) bond motifs is 2. The van der Waals surface area contributed by atoms with E-state index in [1.807, 2.05) is 6.07 Å². The second-order valence-electron chi connectivity index (χ2n) is 9.86. The number of piperazine rings is 1. The fourth-order valence-electron chi connectivity index (χ4n) is 5.74. The molecule has 2 saturated heterocycles. The molecule has 8 heteroatoms. The Labute approximate surface area is 210 Å². The summed E-state index contributed by atoms with van der Waals surface area (Å²) in [6.45, 7) is 5.10. The molecule has 2 aromatic carbocycles. The molecule has 3 amide bonds. The molecule has 182 valence electrons. The van der Waals surface area contributed by atoms with Gasteiger partial charge in [0.2, 0.25) is 0 Å². The Morgan fingerprint density at radius 2 is 1.60 bits per heavy atom. The van der Waals surface area contributed by atoms with E-state index >= 15 is 0 Å². The summed E-state index contributed by atoms with van der Waals surface area (Å²) < 4.78 is 0. The van der Waals surface area contributed by atoms with Gasteiger partial charge in [-0.2, -0.15) is 0 Å². The lowest BCUT2D eigenvalue weighted by Crippen LogP contribution is -2.49. The smallest absolute Gasteiger partial charge is 0.325 e. The van der Waals surface area contributed by atoms with E-state index < -0.39 is 5.54 Å². The Hall–Kier alpha value is -2.84. The highest BCUT2D eigenvalue weighted by Gasteiger charge is 2.52. The summed E-state index contributed by atoms with van der Waals surface area (Å²) in [4.78, 5) is 39.1. The Bertz CT molecular complexity index is 1170. The number of nitrogens with zero attached hydrogens (tertiary/aromatic N) is 4. The lowest BCUT2D eigenvalue weighted by Gasteiger charge is -2.36. The molecule has 2 aromatic rings. The van der Waals surface area contributed by atoms with E-state index in [1.165, 1.54) is 20.3 Å². The van der Waals surface area contributed by atoms with E-state index in [0.29, 0.717) is 6.54 Å². The summed E-state index contributed by atoms with van der Waals surface area (Å²) in [6, 6.07) is 16.7. The zero-order chi connectivity index (χ0) is 23.8. The van der Waals surface area contributed by atoms with Gasteiger partial charge in [-0.15, -0.1) is 0 Å². The number of hydrogen-bond acceptors (Lipinski definition) is 6. The Morgan fingerprint density at radius 3 is 2.40 bits per heavy atom. The van der Waals surface area contributed by atoms with E-state index in [2.05, 4.69) is 57.6 Å². The predicted octanol–water partition coefficient (Wildman–Crippen LogP) is 4.10. The topological polar surface area (TPSA) is 68.2 Å². The standard InChI is InChI=1S/C27H31N5O2S/c33-25-27(12-5-6-13-27)29-26(34)32(25)15-7-14-30-16-18-31(19-17-30)24-20-8-1-3-10-22(20)35-23-11-4-2-9-21(23)28-24/h1-4,8-11H,5-7,12-19H2,(H,29,34). The van der Waals surface area contributed by atoms with Crippen LogP contribution in [0.3, 0.4) is 0 Å². The molecule has 0 unspecified atom stereocenters. The van der Waals surface area contributed by atoms with Gasteiger partial charge in [-0.25, -0.2) is 9.79 Å². The highest BCUT2D eigenvalue weighted by Crippen LogP contribution is 2.40. The van der Waals surface area contributed by atoms with Crippen LogP contribution < -0.4 is 5.32 Å². The molecule has 7 nitrogen and oxygen atoms in total. The lowest BCUT2D eigenvalue weighted by atomic mass is 9.98. The molecule has 3 aliphatic heterocycles. The normalized spacial score (nSPS) is 21.5. The third-order valence-corrected chi connectivity index (χ3v) is 8.81. The van der Waals surface area contributed by atoms with Gasteiger partial charge in [-0.3, -0.25) is 14.6 Å². The largest absolute Gasteiger partial charge is 0.354 e. The number of amides is 3. The molecule has 0 radical (unpaired) electrons. The zero-order valence-corrected chi connectivity index (χ0v) is 20.7. The number of carbonyl (C=O) groups excluding carboxylic acids is 2. The number of urea groups is 1. The van der Waals surface area contributed by atoms with Crippen LogP contribution in [0, 0.1) is 0 Å². The molecule has 0 aromatic heterocycles. The highest BCUT2D eigenvalue weighted by molar-refractivity contribution is 7.99. The quantitative estimate of drug-likeness (QED) is 0.655. The van der Waals surface area contributed by atoms with E-state index in [-0.39, 0.29) is 11.9 Å². The predicted molar refractivity (Wildman–Crippen MR) is 137 cm³/mol. The number of nitrogens with one attached hydrogen (secondary N) is 1. The summed E-state index contributed by atoms with van der Waals surface area (Å²) in [5.74, 6) is 1.05. The van der Waals surface area contributed by atoms with Crippen molar-refractivity contribution >= 4 is 35.2 Å². The van der Waals surface area contributed by atoms with Crippen LogP contribution in [0.5, 0.6) is 0 Å². The zero-order valence-electron chi connectivity index (χ0n) is 19.9. The molecule has 3 heterocycles. The van der Waals surface area contributed by atoms with Gasteiger partial charge in [0.15, 0.2) is 0 Å². The van der Waals surface area contributed by atoms with Crippen molar-refractivity contribution in [2.24, 2.45) is 4.99 Å². The van der Waals surface area contributed by atoms with Crippen LogP contribution in [0.15, 0.2) is 63.3 Å². The van der Waals surface area contributed by atoms with Crippen LogP contribution >= 0.6 is 11.8 Å². The van der Waals surface area contributed by atoms with Crippen molar-refractivity contribution in [3.05, 3.63) is 54.1 Å². The van der Waals surface area contributed by atoms with Crippen LogP contribution in [-0.2, 0) is 4.79 Å². The van der Waals surface area contributed by atoms with Gasteiger partial charge < -0.3 is 10.2 Å². The summed E-state index contributed by atoms with van der Waals surface area (Å²) >= 11 is 1.79. The molecule has 1 saturated carbocycles. The summed E-state index contributed by atoms with van der Waals surface area (Å²) in [5.41, 5.74) is 1.62. The van der Waals surface area contributed by atoms with Crippen molar-refractivity contribution in [3.8, 4) is 0 Å². The van der Waals surface area contributed by atoms with E-state index in [1.54, 1.807) is 11.8 Å². The molecular weight excluding hydrogens is 458 g/mol. The molecule has 4 aliphatic rings. The summed E-state index contributed by atoms with van der Waals surface area (Å²) in [5, 5.41) is 2.98. The van der Waals surface area contributed by atoms with Gasteiger partial charge >= 0.3 is 6.03 Å². The maximum Gasteiger partial charge on any atom is 0.325 e. The van der Waals surface area contributed by atoms with Crippen LogP contribution in [0.1, 0.15) is 37.7 Å². The molecule has 1 spiro atoms. The van der Waals surface area contributed by atoms with Gasteiger partial charge in [-0.05, 0) is 44.0 Å². The minimum Gasteiger partial charge on any atom is -0.354 e. The van der Waals surface area contributed by atoms with Crippen molar-refractivity contribution < 1.29 is 9.59 Å². The van der Waals surface area contributed by atoms with Crippen molar-refractivity contribution in [2.45, 2.75) is 47.4 Å². The molecule has 1 aliphatic carbocycles. The molecule has 6 rings (SSSR count). The SMILES string of the molecule is O=C1NC2(CCCC2)C(=O)N1CCCN1CCN(C2=Nc3ccccc3Sc3ccccc32)CC1. The average molecular weight is 490 g/mol. The minimum absolute atomic E-state index is 0.00647. The third kappa shape index (κ3) is 4.23. The molecular formula is C27H31N5O2S. The number of aliphatic imine (C=N–C) groups is 1. The fraction of sp³-hybridized carbons (Fsp3) is 0.444. The van der Waals surface area contributed by atoms with E-state index in [9.17, 15) is 9.59 Å². The van der Waals surface area contributed by atoms with Crippen molar-refractivity contribution in [1.82, 2.24) is 20.0 Å². The minimum atomic E-state index is -0.602. The number of para-hydroxylation sites is 1. The highest BCUT2D eigenvalue weighted by atomic mass is 32.2. The molecule has 0 atom stereocenters. The Kier molecular flexibility index (Phi) is 6.02. The first kappa shape index (κ1) is 22.6. The second kappa shape index (κ2) is 9.32. The lowest BCUT2D eigenvalue weighted by molar-refractivity contribution is -0.131. The maximum atomic E-state index is 12.9. The molecule has 0 bridgehead atoms. The number of amidine groups is 1. The number of imide groups is 1. The number of rotatable bonds is 4. The number of carbonyl (C=O) groups is 2. The van der Waals surface area contributed by atoms with Crippen molar-refractivity contribution in [2.75, 3.05) is 39.3 Å². The number of benzene rings is 2. The molecule has 1 N–H and O–H groups in total. The van der Waals surface area contributed by atoms with Crippen molar-refractivity contribution in [3.63, 3.8) is 0 Å². The van der Waals surface area contributed by atoms with Crippen LogP contribution in [0.4, 0.5) is 10.5 Å². The average Bonchev–Trinajstić information content (AvgIpc) is 3.38. The van der Waals surface area contributed by atoms with Crippen molar-refractivity contribution in [1.29, 1.82) is 0 Å². The monoisotopic (exact) mass is 489 g/mol. The van der Waals surface area contributed by atoms with Gasteiger partial charge in [0, 0.05) is 48.1 Å². The van der Waals surface area contributed by atoms with Gasteiger partial charge in [0.05, 0.1) is 5.69 Å². The summed E-state index contributed by atoms with van der Waals surface area (Å²) in [7, 11) is 0. The van der Waals surface area contributed by atoms with Crippen LogP contribution in [0.2, 0.25) is 0 Å². The maximum absolute atomic E-state index is 12.9. The first-order valence-electron chi connectivity index (χ1n) is 12.7. The van der Waals surface area contributed by atoms with Gasteiger partial charge in [0.1, 0.15) is 11.4 Å². The molecule has 3 fully saturated rings. The van der Waals surface area contributed by atoms with E-state index in [4.69, 9.17) is 4.99 Å². The van der Waals surface area contributed by atoms with Crippen LogP contribution in [0.25, 0.3) is 0 Å². The Balaban J connectivity index is 1.07. The summed E-state index contributed by atoms with van der Waals surface area (Å²) in [6.07, 6.45) is 4.41. The van der Waals surface area contributed by atoms with Crippen LogP contribution in [-0.4, -0.2) is 77.3 Å². The fourth-order valence-corrected chi connectivity index (χ4v) is 6.76.